The first-order chi connectivity index (χ1) is 11.0. The SMILES string of the molecule is COc1ccc(-c2ncc(C(=O)NCCC(O)C(C)C)s2)cc1. The van der Waals surface area contributed by atoms with E-state index in [1.807, 2.05) is 38.1 Å². The first-order valence-corrected chi connectivity index (χ1v) is 8.39. The number of thiazole rings is 1. The summed E-state index contributed by atoms with van der Waals surface area (Å²) in [5.41, 5.74) is 0.949. The molecule has 1 aromatic carbocycles. The van der Waals surface area contributed by atoms with Gasteiger partial charge in [0.15, 0.2) is 0 Å². The van der Waals surface area contributed by atoms with Gasteiger partial charge in [-0.25, -0.2) is 4.98 Å². The van der Waals surface area contributed by atoms with Crippen LogP contribution in [0.15, 0.2) is 30.5 Å². The molecule has 0 bridgehead atoms. The van der Waals surface area contributed by atoms with Gasteiger partial charge in [0, 0.05) is 12.1 Å². The van der Waals surface area contributed by atoms with Crippen LogP contribution in [0, 0.1) is 5.92 Å². The molecule has 1 aromatic heterocycles. The Bertz CT molecular complexity index is 638. The fourth-order valence-electron chi connectivity index (χ4n) is 2.00. The van der Waals surface area contributed by atoms with Crippen LogP contribution in [0.3, 0.4) is 0 Å². The number of methoxy groups -OCH3 is 1. The number of ether oxygens (including phenoxy) is 1. The van der Waals surface area contributed by atoms with Crippen LogP contribution in [0.4, 0.5) is 0 Å². The lowest BCUT2D eigenvalue weighted by molar-refractivity contribution is 0.0923. The smallest absolute Gasteiger partial charge is 0.263 e. The number of carbonyl (C=O) groups is 1. The van der Waals surface area contributed by atoms with Gasteiger partial charge in [-0.05, 0) is 36.6 Å². The summed E-state index contributed by atoms with van der Waals surface area (Å²) < 4.78 is 5.13. The van der Waals surface area contributed by atoms with Gasteiger partial charge in [0.2, 0.25) is 0 Å². The Morgan fingerprint density at radius 2 is 2.04 bits per heavy atom. The molecule has 6 heteroatoms. The fourth-order valence-corrected chi connectivity index (χ4v) is 2.84. The number of nitrogens with one attached hydrogen (secondary N) is 1. The van der Waals surface area contributed by atoms with Gasteiger partial charge >= 0.3 is 0 Å². The summed E-state index contributed by atoms with van der Waals surface area (Å²) in [5, 5.41) is 13.3. The molecule has 2 aromatic rings. The number of hydrogen-bond acceptors (Lipinski definition) is 5. The summed E-state index contributed by atoms with van der Waals surface area (Å²) in [6, 6.07) is 7.56. The molecule has 0 aliphatic heterocycles. The van der Waals surface area contributed by atoms with Crippen LogP contribution in [-0.2, 0) is 0 Å². The molecule has 5 nitrogen and oxygen atoms in total. The van der Waals surface area contributed by atoms with Crippen molar-refractivity contribution in [3.63, 3.8) is 0 Å². The minimum Gasteiger partial charge on any atom is -0.497 e. The summed E-state index contributed by atoms with van der Waals surface area (Å²) >= 11 is 1.35. The van der Waals surface area contributed by atoms with Gasteiger partial charge in [0.25, 0.3) is 5.91 Å². The Labute approximate surface area is 140 Å². The minimum atomic E-state index is -0.397. The number of benzene rings is 1. The number of hydrogen-bond donors (Lipinski definition) is 2. The zero-order valence-electron chi connectivity index (χ0n) is 13.6. The van der Waals surface area contributed by atoms with Crippen LogP contribution in [0.1, 0.15) is 29.9 Å². The molecule has 1 heterocycles. The highest BCUT2D eigenvalue weighted by Crippen LogP contribution is 2.26. The molecule has 0 saturated carbocycles. The largest absolute Gasteiger partial charge is 0.497 e. The van der Waals surface area contributed by atoms with Crippen LogP contribution in [0.2, 0.25) is 0 Å². The van der Waals surface area contributed by atoms with E-state index in [1.165, 1.54) is 11.3 Å². The Balaban J connectivity index is 1.94. The number of rotatable bonds is 7. The fraction of sp³-hybridized carbons (Fsp3) is 0.412. The molecule has 0 saturated heterocycles. The lowest BCUT2D eigenvalue weighted by Gasteiger charge is -2.14. The number of carbonyl (C=O) groups excluding carboxylic acids is 1. The average molecular weight is 334 g/mol. The minimum absolute atomic E-state index is 0.154. The topological polar surface area (TPSA) is 71.5 Å². The van der Waals surface area contributed by atoms with Gasteiger partial charge < -0.3 is 15.2 Å². The Kier molecular flexibility index (Phi) is 6.12. The van der Waals surface area contributed by atoms with Gasteiger partial charge in [0.05, 0.1) is 19.4 Å². The second kappa shape index (κ2) is 8.08. The van der Waals surface area contributed by atoms with Crippen molar-refractivity contribution in [2.45, 2.75) is 26.4 Å². The monoisotopic (exact) mass is 334 g/mol. The molecule has 124 valence electrons. The summed E-state index contributed by atoms with van der Waals surface area (Å²) in [5.74, 6) is 0.821. The molecule has 1 unspecified atom stereocenters. The van der Waals surface area contributed by atoms with Crippen molar-refractivity contribution in [1.29, 1.82) is 0 Å². The van der Waals surface area contributed by atoms with E-state index in [-0.39, 0.29) is 11.8 Å². The molecule has 0 spiro atoms. The van der Waals surface area contributed by atoms with E-state index in [1.54, 1.807) is 13.3 Å². The van der Waals surface area contributed by atoms with Gasteiger partial charge in [-0.15, -0.1) is 11.3 Å². The maximum Gasteiger partial charge on any atom is 0.263 e. The number of amides is 1. The molecule has 2 rings (SSSR count). The summed E-state index contributed by atoms with van der Waals surface area (Å²) in [7, 11) is 1.62. The third-order valence-electron chi connectivity index (χ3n) is 3.56. The van der Waals surface area contributed by atoms with E-state index < -0.39 is 6.10 Å². The zero-order valence-corrected chi connectivity index (χ0v) is 14.4. The van der Waals surface area contributed by atoms with Crippen LogP contribution in [-0.4, -0.2) is 35.8 Å². The van der Waals surface area contributed by atoms with E-state index in [4.69, 9.17) is 4.74 Å². The van der Waals surface area contributed by atoms with E-state index in [0.717, 1.165) is 16.3 Å². The molecule has 0 aliphatic rings. The van der Waals surface area contributed by atoms with E-state index >= 15 is 0 Å². The maximum absolute atomic E-state index is 12.1. The highest BCUT2D eigenvalue weighted by atomic mass is 32.1. The summed E-state index contributed by atoms with van der Waals surface area (Å²) in [4.78, 5) is 17.0. The van der Waals surface area contributed by atoms with Crippen LogP contribution in [0.5, 0.6) is 5.75 Å². The third-order valence-corrected chi connectivity index (χ3v) is 4.61. The van der Waals surface area contributed by atoms with Gasteiger partial charge in [0.1, 0.15) is 15.6 Å². The predicted octanol–water partition coefficient (Wildman–Crippen LogP) is 2.96. The predicted molar refractivity (Wildman–Crippen MR) is 91.9 cm³/mol. The quantitative estimate of drug-likeness (QED) is 0.816. The maximum atomic E-state index is 12.1. The average Bonchev–Trinajstić information content (AvgIpc) is 3.04. The van der Waals surface area contributed by atoms with E-state index in [0.29, 0.717) is 17.8 Å². The van der Waals surface area contributed by atoms with Crippen LogP contribution >= 0.6 is 11.3 Å². The summed E-state index contributed by atoms with van der Waals surface area (Å²) in [6.07, 6.45) is 1.73. The number of aliphatic hydroxyl groups is 1. The van der Waals surface area contributed by atoms with Crippen molar-refractivity contribution in [2.75, 3.05) is 13.7 Å². The van der Waals surface area contributed by atoms with Gasteiger partial charge in [-0.3, -0.25) is 4.79 Å². The number of nitrogens with zero attached hydrogens (tertiary/aromatic N) is 1. The van der Waals surface area contributed by atoms with Gasteiger partial charge in [-0.1, -0.05) is 13.8 Å². The standard InChI is InChI=1S/C17H22N2O3S/c1-11(2)14(20)8-9-18-16(21)15-10-19-17(23-15)12-4-6-13(22-3)7-5-12/h4-7,10-11,14,20H,8-9H2,1-3H3,(H,18,21). The molecule has 2 N–H and O–H groups in total. The Morgan fingerprint density at radius 1 is 1.35 bits per heavy atom. The Morgan fingerprint density at radius 3 is 2.65 bits per heavy atom. The number of aromatic nitrogens is 1. The molecule has 1 atom stereocenters. The first kappa shape index (κ1) is 17.4. The molecular formula is C17H22N2O3S. The molecule has 23 heavy (non-hydrogen) atoms. The molecule has 0 radical (unpaired) electrons. The van der Waals surface area contributed by atoms with E-state index in [2.05, 4.69) is 10.3 Å². The summed E-state index contributed by atoms with van der Waals surface area (Å²) in [6.45, 7) is 4.36. The second-order valence-corrected chi connectivity index (χ2v) is 6.64. The Hall–Kier alpha value is -1.92. The van der Waals surface area contributed by atoms with Crippen molar-refractivity contribution in [2.24, 2.45) is 5.92 Å². The molecular weight excluding hydrogens is 312 g/mol. The first-order valence-electron chi connectivity index (χ1n) is 7.57. The van der Waals surface area contributed by atoms with Crippen LogP contribution in [0.25, 0.3) is 10.6 Å². The van der Waals surface area contributed by atoms with Gasteiger partial charge in [-0.2, -0.15) is 0 Å². The van der Waals surface area contributed by atoms with Crippen molar-refractivity contribution in [3.8, 4) is 16.3 Å². The van der Waals surface area contributed by atoms with Crippen molar-refractivity contribution in [3.05, 3.63) is 35.3 Å². The normalized spacial score (nSPS) is 12.2. The molecule has 0 aliphatic carbocycles. The number of aliphatic hydroxyl groups excluding tert-OH is 1. The second-order valence-electron chi connectivity index (χ2n) is 5.61. The lowest BCUT2D eigenvalue weighted by atomic mass is 10.0. The van der Waals surface area contributed by atoms with E-state index in [9.17, 15) is 9.90 Å². The van der Waals surface area contributed by atoms with Crippen molar-refractivity contribution < 1.29 is 14.6 Å². The third kappa shape index (κ3) is 4.77. The molecule has 1 amide bonds. The zero-order chi connectivity index (χ0) is 16.8. The molecule has 0 fully saturated rings. The van der Waals surface area contributed by atoms with Crippen molar-refractivity contribution >= 4 is 17.2 Å². The lowest BCUT2D eigenvalue weighted by Crippen LogP contribution is -2.28. The van der Waals surface area contributed by atoms with Crippen molar-refractivity contribution in [1.82, 2.24) is 10.3 Å². The highest BCUT2D eigenvalue weighted by Gasteiger charge is 2.13. The van der Waals surface area contributed by atoms with Crippen LogP contribution < -0.4 is 10.1 Å². The highest BCUT2D eigenvalue weighted by molar-refractivity contribution is 7.16.